The average Bonchev–Trinajstić information content (AvgIpc) is 2.61. The smallest absolute Gasteiger partial charge is 0.152 e. The first-order valence-corrected chi connectivity index (χ1v) is 10.5. The van der Waals surface area contributed by atoms with Crippen LogP contribution in [-0.2, 0) is 9.59 Å². The first-order valence-electron chi connectivity index (χ1n) is 10.5. The predicted octanol–water partition coefficient (Wildman–Crippen LogP) is 8.92. The van der Waals surface area contributed by atoms with Crippen LogP contribution in [0.3, 0.4) is 0 Å². The van der Waals surface area contributed by atoms with Gasteiger partial charge >= 0.3 is 0 Å². The summed E-state index contributed by atoms with van der Waals surface area (Å²) in [5.41, 5.74) is 8.54. The van der Waals surface area contributed by atoms with Crippen LogP contribution >= 0.6 is 0 Å². The fourth-order valence-electron chi connectivity index (χ4n) is 1.29. The molecule has 30 heavy (non-hydrogen) atoms. The molecule has 0 rings (SSSR count). The molecule has 2 nitrogen and oxygen atoms in total. The fourth-order valence-corrected chi connectivity index (χ4v) is 1.29. The summed E-state index contributed by atoms with van der Waals surface area (Å²) in [4.78, 5) is 20.2. The monoisotopic (exact) mass is 416 g/mol. The lowest BCUT2D eigenvalue weighted by Crippen LogP contribution is -1.85. The highest BCUT2D eigenvalue weighted by atomic mass is 16.1. The zero-order chi connectivity index (χ0) is 24.9. The third-order valence-electron chi connectivity index (χ3n) is 4.10. The molecule has 0 unspecified atom stereocenters. The molecule has 2 heteroatoms. The van der Waals surface area contributed by atoms with E-state index >= 15 is 0 Å². The summed E-state index contributed by atoms with van der Waals surface area (Å²) in [6, 6.07) is 0. The molecule has 172 valence electrons. The maximum absolute atomic E-state index is 10.2. The molecular weight excluding hydrogens is 368 g/mol. The van der Waals surface area contributed by atoms with E-state index in [1.165, 1.54) is 59.4 Å². The maximum atomic E-state index is 10.2. The molecule has 0 radical (unpaired) electrons. The van der Waals surface area contributed by atoms with Gasteiger partial charge in [0.25, 0.3) is 0 Å². The normalized spacial score (nSPS) is 9.53. The predicted molar refractivity (Wildman–Crippen MR) is 138 cm³/mol. The summed E-state index contributed by atoms with van der Waals surface area (Å²) in [5, 5.41) is 0. The molecule has 0 aliphatic rings. The molecule has 0 fully saturated rings. The number of hydrogen-bond donors (Lipinski definition) is 0. The van der Waals surface area contributed by atoms with Gasteiger partial charge in [-0.1, -0.05) is 46.6 Å². The van der Waals surface area contributed by atoms with Crippen LogP contribution < -0.4 is 0 Å². The van der Waals surface area contributed by atoms with Crippen LogP contribution in [0.15, 0.2) is 69.9 Å². The van der Waals surface area contributed by atoms with Crippen LogP contribution in [0.5, 0.6) is 0 Å². The number of carbonyl (C=O) groups is 2. The highest BCUT2D eigenvalue weighted by molar-refractivity contribution is 5.87. The third kappa shape index (κ3) is 33.4. The van der Waals surface area contributed by atoms with Crippen LogP contribution in [0.2, 0.25) is 0 Å². The Hall–Kier alpha value is -2.22. The Morgan fingerprint density at radius 2 is 0.767 bits per heavy atom. The Kier molecular flexibility index (Phi) is 27.1. The zero-order valence-corrected chi connectivity index (χ0v) is 22.3. The number of rotatable bonds is 4. The first-order chi connectivity index (χ1) is 13.6. The van der Waals surface area contributed by atoms with Gasteiger partial charge in [-0.15, -0.1) is 0 Å². The molecule has 0 spiro atoms. The second-order valence-corrected chi connectivity index (χ2v) is 7.86. The summed E-state index contributed by atoms with van der Waals surface area (Å²) in [6.07, 6.45) is 10.2. The molecule has 0 aliphatic carbocycles. The number of ketones is 2. The molecule has 0 heterocycles. The van der Waals surface area contributed by atoms with E-state index in [1.807, 2.05) is 26.0 Å². The van der Waals surface area contributed by atoms with E-state index in [2.05, 4.69) is 69.2 Å². The van der Waals surface area contributed by atoms with Crippen molar-refractivity contribution in [2.45, 2.75) is 96.9 Å². The summed E-state index contributed by atoms with van der Waals surface area (Å²) in [5.74, 6) is 0.195. The van der Waals surface area contributed by atoms with Gasteiger partial charge in [-0.25, -0.2) is 0 Å². The van der Waals surface area contributed by atoms with Crippen molar-refractivity contribution in [3.05, 3.63) is 69.9 Å². The maximum Gasteiger partial charge on any atom is 0.152 e. The van der Waals surface area contributed by atoms with Crippen LogP contribution in [0.4, 0.5) is 0 Å². The lowest BCUT2D eigenvalue weighted by Gasteiger charge is -2.05. The van der Waals surface area contributed by atoms with Gasteiger partial charge in [0, 0.05) is 0 Å². The average molecular weight is 417 g/mol. The van der Waals surface area contributed by atoms with Crippen molar-refractivity contribution in [2.75, 3.05) is 0 Å². The van der Waals surface area contributed by atoms with E-state index in [1.54, 1.807) is 12.2 Å². The van der Waals surface area contributed by atoms with Gasteiger partial charge in [-0.05, 0) is 120 Å². The highest BCUT2D eigenvalue weighted by Gasteiger charge is 1.95. The van der Waals surface area contributed by atoms with Gasteiger partial charge in [-0.2, -0.15) is 0 Å². The molecule has 0 aromatic rings. The topological polar surface area (TPSA) is 34.1 Å². The quantitative estimate of drug-likeness (QED) is 0.260. The van der Waals surface area contributed by atoms with Crippen molar-refractivity contribution in [2.24, 2.45) is 0 Å². The summed E-state index contributed by atoms with van der Waals surface area (Å²) in [7, 11) is 0. The van der Waals surface area contributed by atoms with E-state index in [4.69, 9.17) is 0 Å². The largest absolute Gasteiger partial charge is 0.295 e. The van der Waals surface area contributed by atoms with E-state index in [-0.39, 0.29) is 11.6 Å². The summed E-state index contributed by atoms with van der Waals surface area (Å²) >= 11 is 0. The Bertz CT molecular complexity index is 627. The lowest BCUT2D eigenvalue weighted by molar-refractivity contribution is -0.113. The van der Waals surface area contributed by atoms with Crippen molar-refractivity contribution in [1.82, 2.24) is 0 Å². The summed E-state index contributed by atoms with van der Waals surface area (Å²) in [6.45, 7) is 28.2. The fraction of sp³-hybridized carbons (Fsp3) is 0.500. The number of hydrogen-bond acceptors (Lipinski definition) is 2. The van der Waals surface area contributed by atoms with Crippen LogP contribution in [-0.4, -0.2) is 11.6 Å². The minimum absolute atomic E-state index is 0.0862. The Balaban J connectivity index is -0.000000154. The minimum atomic E-state index is 0.0862. The van der Waals surface area contributed by atoms with E-state index < -0.39 is 0 Å². The van der Waals surface area contributed by atoms with Crippen molar-refractivity contribution in [1.29, 1.82) is 0 Å². The van der Waals surface area contributed by atoms with E-state index in [0.717, 1.165) is 0 Å². The minimum Gasteiger partial charge on any atom is -0.295 e. The van der Waals surface area contributed by atoms with E-state index in [9.17, 15) is 9.59 Å². The molecule has 0 aromatic carbocycles. The van der Waals surface area contributed by atoms with Gasteiger partial charge in [0.05, 0.1) is 0 Å². The molecule has 0 N–H and O–H groups in total. The van der Waals surface area contributed by atoms with E-state index in [0.29, 0.717) is 0 Å². The van der Waals surface area contributed by atoms with Gasteiger partial charge in [0.15, 0.2) is 11.6 Å². The molecular formula is C28H48O2. The van der Waals surface area contributed by atoms with Gasteiger partial charge < -0.3 is 0 Å². The molecule has 0 aliphatic heterocycles. The Labute approximate surface area is 188 Å². The molecule has 0 saturated carbocycles. The van der Waals surface area contributed by atoms with Crippen molar-refractivity contribution in [3.8, 4) is 0 Å². The zero-order valence-electron chi connectivity index (χ0n) is 22.3. The molecule has 0 saturated heterocycles. The van der Waals surface area contributed by atoms with Crippen LogP contribution in [0, 0.1) is 0 Å². The van der Waals surface area contributed by atoms with Crippen LogP contribution in [0.25, 0.3) is 0 Å². The third-order valence-corrected chi connectivity index (χ3v) is 4.10. The standard InChI is InChI=1S/C10H18.C7H10O.C6H12.C5H8O/c1-7(2)9(5)10(6)8(3)4;1-3-4-5-6-7(2)8;1-5(2)6(3)4;1-3-4-5(2)6/h1-6H3;3-6H,1-2H3;1-4H3;3-4H,1-2H3. The second kappa shape index (κ2) is 23.1. The SMILES string of the molecule is CC(C)=C(C)C.CC(C)=C(C)C(C)=C(C)C.CC=CC(C)=O.CC=CC=CC(C)=O. The Morgan fingerprint density at radius 1 is 0.433 bits per heavy atom. The first kappa shape index (κ1) is 35.2. The molecule has 0 bridgehead atoms. The van der Waals surface area contributed by atoms with Crippen LogP contribution in [0.1, 0.15) is 96.9 Å². The molecule has 0 amide bonds. The highest BCUT2D eigenvalue weighted by Crippen LogP contribution is 2.16. The number of carbonyl (C=O) groups excluding carboxylic acids is 2. The molecule has 0 aromatic heterocycles. The van der Waals surface area contributed by atoms with Gasteiger partial charge in [0.2, 0.25) is 0 Å². The second-order valence-electron chi connectivity index (χ2n) is 7.86. The summed E-state index contributed by atoms with van der Waals surface area (Å²) < 4.78 is 0. The Morgan fingerprint density at radius 3 is 0.900 bits per heavy atom. The van der Waals surface area contributed by atoms with Crippen molar-refractivity contribution in [3.63, 3.8) is 0 Å². The van der Waals surface area contributed by atoms with Crippen molar-refractivity contribution < 1.29 is 9.59 Å². The van der Waals surface area contributed by atoms with Gasteiger partial charge in [0.1, 0.15) is 0 Å². The number of allylic oxidation sites excluding steroid dienone is 12. The van der Waals surface area contributed by atoms with Gasteiger partial charge in [-0.3, -0.25) is 9.59 Å². The van der Waals surface area contributed by atoms with Crippen molar-refractivity contribution >= 4 is 11.6 Å². The lowest BCUT2D eigenvalue weighted by atomic mass is 10.0. The molecule has 0 atom stereocenters.